The molecule has 2 aliphatic heterocycles. The van der Waals surface area contributed by atoms with Gasteiger partial charge in [0.15, 0.2) is 11.5 Å². The lowest BCUT2D eigenvalue weighted by atomic mass is 9.81. The number of aliphatic imine (C=N–C) groups is 2. The minimum Gasteiger partial charge on any atom is -0.382 e. The van der Waals surface area contributed by atoms with Gasteiger partial charge in [-0.3, -0.25) is 9.89 Å². The second-order valence-electron chi connectivity index (χ2n) is 8.06. The molecule has 7 nitrogen and oxygen atoms in total. The van der Waals surface area contributed by atoms with Crippen molar-refractivity contribution in [1.29, 1.82) is 0 Å². The standard InChI is InChI=1S/C22H24N4O3S/c1-15-4-2-5-17(14-15)22(20-24-12-3-13-26(20)21(23)25-22)16-6-8-18(9-7-16)29-30(27,28)19-10-11-19/h2,4-9,14,19H,3,10-13H2,1H3,(H2,23,25). The van der Waals surface area contributed by atoms with Gasteiger partial charge in [0, 0.05) is 13.1 Å². The Bertz CT molecular complexity index is 1150. The van der Waals surface area contributed by atoms with E-state index in [0.29, 0.717) is 24.6 Å². The van der Waals surface area contributed by atoms with Crippen LogP contribution in [0.25, 0.3) is 0 Å². The Balaban J connectivity index is 1.60. The molecule has 2 aromatic carbocycles. The van der Waals surface area contributed by atoms with Crippen LogP contribution < -0.4 is 9.92 Å². The summed E-state index contributed by atoms with van der Waals surface area (Å²) in [4.78, 5) is 11.7. The van der Waals surface area contributed by atoms with E-state index in [1.807, 2.05) is 42.2 Å². The monoisotopic (exact) mass is 424 g/mol. The first-order chi connectivity index (χ1) is 14.4. The molecule has 0 amide bonds. The Labute approximate surface area is 176 Å². The molecule has 1 atom stereocenters. The van der Waals surface area contributed by atoms with Gasteiger partial charge in [-0.2, -0.15) is 8.42 Å². The maximum absolute atomic E-state index is 12.2. The topological polar surface area (TPSA) is 97.3 Å². The van der Waals surface area contributed by atoms with E-state index in [9.17, 15) is 8.42 Å². The summed E-state index contributed by atoms with van der Waals surface area (Å²) in [5.74, 6) is 1.57. The lowest BCUT2D eigenvalue weighted by Crippen LogP contribution is -2.46. The van der Waals surface area contributed by atoms with Crippen molar-refractivity contribution < 1.29 is 12.6 Å². The van der Waals surface area contributed by atoms with Gasteiger partial charge in [0.25, 0.3) is 0 Å². The second-order valence-corrected chi connectivity index (χ2v) is 9.88. The first kappa shape index (κ1) is 19.1. The van der Waals surface area contributed by atoms with E-state index in [1.54, 1.807) is 12.1 Å². The first-order valence-electron chi connectivity index (χ1n) is 10.2. The van der Waals surface area contributed by atoms with E-state index in [4.69, 9.17) is 19.9 Å². The van der Waals surface area contributed by atoms with Crippen molar-refractivity contribution in [3.8, 4) is 5.75 Å². The number of aryl methyl sites for hydroxylation is 1. The number of amidine groups is 1. The van der Waals surface area contributed by atoms with Crippen LogP contribution in [0.4, 0.5) is 0 Å². The van der Waals surface area contributed by atoms with Crippen molar-refractivity contribution in [3.05, 3.63) is 65.2 Å². The fraction of sp³-hybridized carbons (Fsp3) is 0.364. The lowest BCUT2D eigenvalue weighted by Gasteiger charge is -2.33. The molecule has 156 valence electrons. The molecule has 3 aliphatic rings. The highest BCUT2D eigenvalue weighted by atomic mass is 32.2. The molecule has 0 saturated heterocycles. The summed E-state index contributed by atoms with van der Waals surface area (Å²) in [5.41, 5.74) is 8.43. The zero-order valence-corrected chi connectivity index (χ0v) is 17.6. The Morgan fingerprint density at radius 2 is 1.90 bits per heavy atom. The number of hydrogen-bond donors (Lipinski definition) is 1. The zero-order chi connectivity index (χ0) is 20.9. The van der Waals surface area contributed by atoms with Crippen LogP contribution >= 0.6 is 0 Å². The van der Waals surface area contributed by atoms with Gasteiger partial charge in [-0.15, -0.1) is 0 Å². The average Bonchev–Trinajstić information content (AvgIpc) is 3.55. The van der Waals surface area contributed by atoms with Crippen LogP contribution in [0.15, 0.2) is 58.5 Å². The second kappa shape index (κ2) is 6.84. The van der Waals surface area contributed by atoms with Crippen molar-refractivity contribution in [2.45, 2.75) is 37.0 Å². The Hall–Kier alpha value is -2.87. The molecule has 8 heteroatoms. The molecule has 0 bridgehead atoms. The van der Waals surface area contributed by atoms with Crippen LogP contribution in [-0.4, -0.2) is 43.5 Å². The number of nitrogens with two attached hydrogens (primary N) is 1. The average molecular weight is 425 g/mol. The van der Waals surface area contributed by atoms with Crippen LogP contribution in [0, 0.1) is 6.92 Å². The number of hydrogen-bond acceptors (Lipinski definition) is 7. The van der Waals surface area contributed by atoms with E-state index in [0.717, 1.165) is 42.0 Å². The highest BCUT2D eigenvalue weighted by Gasteiger charge is 2.49. The maximum atomic E-state index is 12.2. The summed E-state index contributed by atoms with van der Waals surface area (Å²) in [6.07, 6.45) is 2.26. The summed E-state index contributed by atoms with van der Waals surface area (Å²) in [5, 5.41) is -0.375. The molecule has 0 radical (unpaired) electrons. The van der Waals surface area contributed by atoms with E-state index in [2.05, 4.69) is 6.07 Å². The highest BCUT2D eigenvalue weighted by molar-refractivity contribution is 7.88. The number of guanidine groups is 1. The quantitative estimate of drug-likeness (QED) is 0.744. The molecule has 0 spiro atoms. The summed E-state index contributed by atoms with van der Waals surface area (Å²) in [6, 6.07) is 15.3. The normalized spacial score (nSPS) is 23.6. The van der Waals surface area contributed by atoms with Gasteiger partial charge in [0.05, 0.1) is 5.25 Å². The van der Waals surface area contributed by atoms with Gasteiger partial charge < -0.3 is 9.92 Å². The summed E-state index contributed by atoms with van der Waals surface area (Å²) in [6.45, 7) is 3.55. The van der Waals surface area contributed by atoms with Crippen molar-refractivity contribution in [2.75, 3.05) is 13.1 Å². The van der Waals surface area contributed by atoms with Gasteiger partial charge in [-0.1, -0.05) is 42.0 Å². The third kappa shape index (κ3) is 3.06. The Morgan fingerprint density at radius 3 is 2.60 bits per heavy atom. The fourth-order valence-corrected chi connectivity index (χ4v) is 5.38. The van der Waals surface area contributed by atoms with Crippen molar-refractivity contribution in [3.63, 3.8) is 0 Å². The molecule has 2 heterocycles. The number of fused-ring (bicyclic) bond motifs is 1. The van der Waals surface area contributed by atoms with Gasteiger partial charge in [-0.05, 0) is 49.4 Å². The molecule has 1 fully saturated rings. The maximum Gasteiger partial charge on any atom is 0.312 e. The highest BCUT2D eigenvalue weighted by Crippen LogP contribution is 2.42. The predicted molar refractivity (Wildman–Crippen MR) is 116 cm³/mol. The molecule has 0 aromatic heterocycles. The molecular weight excluding hydrogens is 400 g/mol. The molecule has 1 aliphatic carbocycles. The van der Waals surface area contributed by atoms with Crippen LogP contribution in [0.5, 0.6) is 5.75 Å². The number of nitrogens with zero attached hydrogens (tertiary/aromatic N) is 3. The molecule has 5 rings (SSSR count). The molecule has 1 saturated carbocycles. The number of benzene rings is 2. The van der Waals surface area contributed by atoms with Crippen molar-refractivity contribution in [2.24, 2.45) is 15.7 Å². The van der Waals surface area contributed by atoms with Gasteiger partial charge in [0.1, 0.15) is 11.6 Å². The summed E-state index contributed by atoms with van der Waals surface area (Å²) >= 11 is 0. The van der Waals surface area contributed by atoms with E-state index in [1.165, 1.54) is 0 Å². The zero-order valence-electron chi connectivity index (χ0n) is 16.8. The molecule has 2 aromatic rings. The smallest absolute Gasteiger partial charge is 0.312 e. The molecule has 1 unspecified atom stereocenters. The third-order valence-electron chi connectivity index (χ3n) is 5.79. The molecular formula is C22H24N4O3S. The van der Waals surface area contributed by atoms with Gasteiger partial charge >= 0.3 is 10.1 Å². The molecule has 30 heavy (non-hydrogen) atoms. The fourth-order valence-electron chi connectivity index (χ4n) is 4.15. The van der Waals surface area contributed by atoms with Crippen LogP contribution in [0.1, 0.15) is 36.0 Å². The van der Waals surface area contributed by atoms with E-state index in [-0.39, 0.29) is 5.25 Å². The predicted octanol–water partition coefficient (Wildman–Crippen LogP) is 2.54. The first-order valence-corrected chi connectivity index (χ1v) is 11.7. The minimum atomic E-state index is -3.55. The van der Waals surface area contributed by atoms with Crippen molar-refractivity contribution >= 4 is 21.9 Å². The van der Waals surface area contributed by atoms with E-state index < -0.39 is 15.7 Å². The van der Waals surface area contributed by atoms with E-state index >= 15 is 0 Å². The van der Waals surface area contributed by atoms with Crippen LogP contribution in [-0.2, 0) is 15.7 Å². The van der Waals surface area contributed by atoms with Gasteiger partial charge in [0.2, 0.25) is 0 Å². The SMILES string of the molecule is Cc1cccc(C2(c3ccc(OS(=O)(=O)C4CC4)cc3)N=C(N)N3CCCN=C32)c1. The number of rotatable bonds is 5. The minimum absolute atomic E-state index is 0.308. The Morgan fingerprint density at radius 1 is 1.13 bits per heavy atom. The largest absolute Gasteiger partial charge is 0.382 e. The summed E-state index contributed by atoms with van der Waals surface area (Å²) in [7, 11) is -3.55. The summed E-state index contributed by atoms with van der Waals surface area (Å²) < 4.78 is 29.6. The van der Waals surface area contributed by atoms with Crippen LogP contribution in [0.2, 0.25) is 0 Å². The lowest BCUT2D eigenvalue weighted by molar-refractivity contribution is 0.484. The third-order valence-corrected chi connectivity index (χ3v) is 7.51. The van der Waals surface area contributed by atoms with Gasteiger partial charge in [-0.25, -0.2) is 4.99 Å². The molecule has 2 N–H and O–H groups in total. The van der Waals surface area contributed by atoms with Crippen molar-refractivity contribution in [1.82, 2.24) is 4.90 Å². The van der Waals surface area contributed by atoms with Crippen LogP contribution in [0.3, 0.4) is 0 Å². The Kier molecular flexibility index (Phi) is 4.36.